The van der Waals surface area contributed by atoms with Crippen LogP contribution < -0.4 is 10.6 Å². The topological polar surface area (TPSA) is 78.5 Å². The van der Waals surface area contributed by atoms with Crippen LogP contribution in [0.2, 0.25) is 0 Å². The van der Waals surface area contributed by atoms with Crippen LogP contribution in [0.25, 0.3) is 0 Å². The largest absolute Gasteiger partial charge is 0.338 e. The van der Waals surface area contributed by atoms with Crippen molar-refractivity contribution in [2.45, 2.75) is 45.1 Å². The Morgan fingerprint density at radius 3 is 2.38 bits per heavy atom. The van der Waals surface area contributed by atoms with Crippen molar-refractivity contribution in [1.82, 2.24) is 14.9 Å². The van der Waals surface area contributed by atoms with Crippen LogP contribution in [0.3, 0.4) is 0 Å². The quantitative estimate of drug-likeness (QED) is 0.816. The van der Waals surface area contributed by atoms with Crippen LogP contribution in [-0.2, 0) is 10.0 Å². The third-order valence-corrected chi connectivity index (χ3v) is 6.07. The summed E-state index contributed by atoms with van der Waals surface area (Å²) in [6.07, 6.45) is 6.33. The first kappa shape index (κ1) is 16.5. The standard InChI is InChI=1S/C14H27N3O3S/c1-11-4-3-5-13(11)16-14(18)15-10-12-6-8-17(9-7-12)21(2,19)20/h11-13H,3-10H2,1-2H3,(H2,15,16,18)/t11-,13+/m1/s1. The highest BCUT2D eigenvalue weighted by atomic mass is 32.2. The molecule has 0 unspecified atom stereocenters. The van der Waals surface area contributed by atoms with Gasteiger partial charge in [0.1, 0.15) is 0 Å². The predicted molar refractivity (Wildman–Crippen MR) is 82.5 cm³/mol. The van der Waals surface area contributed by atoms with Crippen molar-refractivity contribution in [3.63, 3.8) is 0 Å². The summed E-state index contributed by atoms with van der Waals surface area (Å²) in [6.45, 7) is 3.93. The van der Waals surface area contributed by atoms with Crippen molar-refractivity contribution in [1.29, 1.82) is 0 Å². The highest BCUT2D eigenvalue weighted by Gasteiger charge is 2.27. The van der Waals surface area contributed by atoms with Gasteiger partial charge in [-0.3, -0.25) is 0 Å². The molecule has 122 valence electrons. The molecule has 2 aliphatic rings. The first-order valence-electron chi connectivity index (χ1n) is 7.85. The first-order chi connectivity index (χ1) is 9.86. The number of rotatable bonds is 4. The van der Waals surface area contributed by atoms with Crippen LogP contribution in [0.1, 0.15) is 39.0 Å². The molecular weight excluding hydrogens is 290 g/mol. The van der Waals surface area contributed by atoms with E-state index in [1.165, 1.54) is 23.4 Å². The van der Waals surface area contributed by atoms with E-state index >= 15 is 0 Å². The number of carbonyl (C=O) groups excluding carboxylic acids is 1. The lowest BCUT2D eigenvalue weighted by Gasteiger charge is -2.30. The lowest BCUT2D eigenvalue weighted by atomic mass is 9.98. The highest BCUT2D eigenvalue weighted by molar-refractivity contribution is 7.88. The number of hydrogen-bond acceptors (Lipinski definition) is 3. The minimum Gasteiger partial charge on any atom is -0.338 e. The van der Waals surface area contributed by atoms with Gasteiger partial charge in [-0.15, -0.1) is 0 Å². The number of amides is 2. The maximum absolute atomic E-state index is 11.9. The molecule has 0 aromatic rings. The summed E-state index contributed by atoms with van der Waals surface area (Å²) < 4.78 is 24.4. The van der Waals surface area contributed by atoms with Crippen LogP contribution in [-0.4, -0.2) is 50.7 Å². The Hall–Kier alpha value is -0.820. The van der Waals surface area contributed by atoms with Crippen LogP contribution in [0.15, 0.2) is 0 Å². The number of hydrogen-bond donors (Lipinski definition) is 2. The Labute approximate surface area is 127 Å². The fraction of sp³-hybridized carbons (Fsp3) is 0.929. The number of piperidine rings is 1. The molecule has 0 radical (unpaired) electrons. The minimum absolute atomic E-state index is 0.0840. The molecule has 1 aliphatic heterocycles. The summed E-state index contributed by atoms with van der Waals surface area (Å²) in [7, 11) is -3.07. The van der Waals surface area contributed by atoms with Crippen molar-refractivity contribution in [2.75, 3.05) is 25.9 Å². The summed E-state index contributed by atoms with van der Waals surface area (Å²) in [4.78, 5) is 11.9. The number of sulfonamides is 1. The summed E-state index contributed by atoms with van der Waals surface area (Å²) in [5, 5.41) is 5.98. The minimum atomic E-state index is -3.07. The molecule has 1 aliphatic carbocycles. The molecule has 2 N–H and O–H groups in total. The normalized spacial score (nSPS) is 28.5. The van der Waals surface area contributed by atoms with E-state index in [2.05, 4.69) is 17.6 Å². The van der Waals surface area contributed by atoms with E-state index in [0.29, 0.717) is 37.5 Å². The third-order valence-electron chi connectivity index (χ3n) is 4.77. The molecule has 2 amide bonds. The van der Waals surface area contributed by atoms with Crippen LogP contribution in [0.5, 0.6) is 0 Å². The van der Waals surface area contributed by atoms with Gasteiger partial charge in [0, 0.05) is 25.7 Å². The Bertz CT molecular complexity index is 458. The second-order valence-corrected chi connectivity index (χ2v) is 8.46. The van der Waals surface area contributed by atoms with Crippen molar-refractivity contribution in [2.24, 2.45) is 11.8 Å². The zero-order chi connectivity index (χ0) is 15.5. The second kappa shape index (κ2) is 6.96. The molecule has 2 atom stereocenters. The van der Waals surface area contributed by atoms with Gasteiger partial charge in [-0.1, -0.05) is 13.3 Å². The number of nitrogens with zero attached hydrogens (tertiary/aromatic N) is 1. The highest BCUT2D eigenvalue weighted by Crippen LogP contribution is 2.24. The van der Waals surface area contributed by atoms with E-state index in [4.69, 9.17) is 0 Å². The van der Waals surface area contributed by atoms with E-state index in [1.807, 2.05) is 0 Å². The fourth-order valence-corrected chi connectivity index (χ4v) is 4.14. The van der Waals surface area contributed by atoms with Gasteiger partial charge in [0.25, 0.3) is 0 Å². The van der Waals surface area contributed by atoms with Gasteiger partial charge in [0.05, 0.1) is 6.26 Å². The number of urea groups is 1. The van der Waals surface area contributed by atoms with Crippen molar-refractivity contribution >= 4 is 16.1 Å². The molecule has 0 aromatic heterocycles. The molecule has 1 heterocycles. The zero-order valence-electron chi connectivity index (χ0n) is 13.0. The number of nitrogens with one attached hydrogen (secondary N) is 2. The molecule has 2 rings (SSSR count). The smallest absolute Gasteiger partial charge is 0.315 e. The summed E-state index contributed by atoms with van der Waals surface area (Å²) >= 11 is 0. The maximum atomic E-state index is 11.9. The SMILES string of the molecule is C[C@@H]1CCC[C@@H]1NC(=O)NCC1CCN(S(C)(=O)=O)CC1. The lowest BCUT2D eigenvalue weighted by molar-refractivity contribution is 0.225. The summed E-state index contributed by atoms with van der Waals surface area (Å²) in [6, 6.07) is 0.219. The molecule has 7 heteroatoms. The Kier molecular flexibility index (Phi) is 5.48. The molecule has 21 heavy (non-hydrogen) atoms. The van der Waals surface area contributed by atoms with Crippen molar-refractivity contribution in [3.05, 3.63) is 0 Å². The molecule has 1 saturated heterocycles. The lowest BCUT2D eigenvalue weighted by Crippen LogP contribution is -2.46. The zero-order valence-corrected chi connectivity index (χ0v) is 13.8. The predicted octanol–water partition coefficient (Wildman–Crippen LogP) is 1.15. The average Bonchev–Trinajstić information content (AvgIpc) is 2.81. The van der Waals surface area contributed by atoms with Gasteiger partial charge in [0.15, 0.2) is 0 Å². The van der Waals surface area contributed by atoms with E-state index in [1.54, 1.807) is 0 Å². The van der Waals surface area contributed by atoms with Gasteiger partial charge in [-0.2, -0.15) is 0 Å². The average molecular weight is 317 g/mol. The monoisotopic (exact) mass is 317 g/mol. The fourth-order valence-electron chi connectivity index (χ4n) is 3.26. The Morgan fingerprint density at radius 1 is 1.19 bits per heavy atom. The van der Waals surface area contributed by atoms with Gasteiger partial charge < -0.3 is 10.6 Å². The Morgan fingerprint density at radius 2 is 1.86 bits per heavy atom. The molecular formula is C14H27N3O3S. The van der Waals surface area contributed by atoms with Gasteiger partial charge in [-0.25, -0.2) is 17.5 Å². The molecule has 0 spiro atoms. The molecule has 6 nitrogen and oxygen atoms in total. The van der Waals surface area contributed by atoms with Gasteiger partial charge >= 0.3 is 6.03 Å². The Balaban J connectivity index is 1.66. The number of carbonyl (C=O) groups is 1. The van der Waals surface area contributed by atoms with E-state index in [9.17, 15) is 13.2 Å². The summed E-state index contributed by atoms with van der Waals surface area (Å²) in [5.74, 6) is 0.934. The molecule has 1 saturated carbocycles. The molecule has 0 aromatic carbocycles. The first-order valence-corrected chi connectivity index (χ1v) is 9.70. The molecule has 0 bridgehead atoms. The van der Waals surface area contributed by atoms with Crippen molar-refractivity contribution in [3.8, 4) is 0 Å². The van der Waals surface area contributed by atoms with E-state index in [-0.39, 0.29) is 6.03 Å². The van der Waals surface area contributed by atoms with Crippen LogP contribution in [0, 0.1) is 11.8 Å². The third kappa shape index (κ3) is 4.85. The van der Waals surface area contributed by atoms with Crippen LogP contribution >= 0.6 is 0 Å². The van der Waals surface area contributed by atoms with Gasteiger partial charge in [-0.05, 0) is 37.5 Å². The summed E-state index contributed by atoms with van der Waals surface area (Å²) in [5.41, 5.74) is 0. The van der Waals surface area contributed by atoms with Crippen LogP contribution in [0.4, 0.5) is 4.79 Å². The van der Waals surface area contributed by atoms with E-state index in [0.717, 1.165) is 19.3 Å². The second-order valence-electron chi connectivity index (χ2n) is 6.47. The molecule has 2 fully saturated rings. The van der Waals surface area contributed by atoms with Crippen molar-refractivity contribution < 1.29 is 13.2 Å². The maximum Gasteiger partial charge on any atom is 0.315 e. The van der Waals surface area contributed by atoms with Gasteiger partial charge in [0.2, 0.25) is 10.0 Å². The van der Waals surface area contributed by atoms with E-state index < -0.39 is 10.0 Å².